The maximum absolute atomic E-state index is 14.0. The van der Waals surface area contributed by atoms with Gasteiger partial charge in [0.1, 0.15) is 5.82 Å². The van der Waals surface area contributed by atoms with E-state index in [1.54, 1.807) is 26.4 Å². The van der Waals surface area contributed by atoms with Crippen LogP contribution in [0.1, 0.15) is 5.56 Å². The van der Waals surface area contributed by atoms with Gasteiger partial charge in [-0.05, 0) is 43.3 Å². The van der Waals surface area contributed by atoms with Crippen LogP contribution in [0.15, 0.2) is 42.5 Å². The zero-order valence-corrected chi connectivity index (χ0v) is 17.9. The van der Waals surface area contributed by atoms with Gasteiger partial charge >= 0.3 is 0 Å². The van der Waals surface area contributed by atoms with Gasteiger partial charge in [0.2, 0.25) is 5.91 Å². The maximum Gasteiger partial charge on any atom is 0.236 e. The fraction of sp³-hybridized carbons (Fsp3) is 0.435. The van der Waals surface area contributed by atoms with E-state index in [0.717, 1.165) is 18.5 Å². The number of hydrogen-bond donors (Lipinski definition) is 0. The van der Waals surface area contributed by atoms with Crippen molar-refractivity contribution in [2.75, 3.05) is 65.4 Å². The van der Waals surface area contributed by atoms with E-state index >= 15 is 0 Å². The van der Waals surface area contributed by atoms with Crippen molar-refractivity contribution >= 4 is 11.6 Å². The predicted molar refractivity (Wildman–Crippen MR) is 116 cm³/mol. The summed E-state index contributed by atoms with van der Waals surface area (Å²) in [6.45, 7) is 3.63. The van der Waals surface area contributed by atoms with Crippen molar-refractivity contribution in [2.24, 2.45) is 0 Å². The van der Waals surface area contributed by atoms with E-state index in [4.69, 9.17) is 9.47 Å². The quantitative estimate of drug-likeness (QED) is 0.663. The van der Waals surface area contributed by atoms with Gasteiger partial charge < -0.3 is 19.3 Å². The highest BCUT2D eigenvalue weighted by Crippen LogP contribution is 2.27. The summed E-state index contributed by atoms with van der Waals surface area (Å²) in [5.74, 6) is 1.31. The highest BCUT2D eigenvalue weighted by molar-refractivity contribution is 5.78. The Kier molecular flexibility index (Phi) is 7.52. The summed E-state index contributed by atoms with van der Waals surface area (Å²) >= 11 is 0. The molecule has 1 heterocycles. The fourth-order valence-corrected chi connectivity index (χ4v) is 3.67. The van der Waals surface area contributed by atoms with E-state index in [9.17, 15) is 9.18 Å². The molecule has 0 N–H and O–H groups in total. The molecule has 1 aliphatic heterocycles. The SMILES string of the molecule is COc1ccc(CCN(C)CC(=O)N2CCN(c3ccccc3F)CC2)cc1OC. The molecule has 6 nitrogen and oxygen atoms in total. The second kappa shape index (κ2) is 10.3. The molecule has 0 spiro atoms. The number of ether oxygens (including phenoxy) is 2. The van der Waals surface area contributed by atoms with Crippen LogP contribution in [-0.2, 0) is 11.2 Å². The molecule has 2 aromatic rings. The molecule has 3 rings (SSSR count). The summed E-state index contributed by atoms with van der Waals surface area (Å²) in [6, 6.07) is 12.7. The maximum atomic E-state index is 14.0. The molecule has 0 unspecified atom stereocenters. The summed E-state index contributed by atoms with van der Waals surface area (Å²) < 4.78 is 24.6. The summed E-state index contributed by atoms with van der Waals surface area (Å²) in [5.41, 5.74) is 1.74. The minimum Gasteiger partial charge on any atom is -0.493 e. The summed E-state index contributed by atoms with van der Waals surface area (Å²) in [4.78, 5) is 18.6. The predicted octanol–water partition coefficient (Wildman–Crippen LogP) is 2.67. The van der Waals surface area contributed by atoms with Crippen LogP contribution in [0.2, 0.25) is 0 Å². The molecule has 0 saturated carbocycles. The van der Waals surface area contributed by atoms with Crippen LogP contribution in [-0.4, -0.2) is 76.2 Å². The molecular weight excluding hydrogens is 385 g/mol. The number of nitrogens with zero attached hydrogens (tertiary/aromatic N) is 3. The number of halogens is 1. The first-order valence-corrected chi connectivity index (χ1v) is 10.2. The Balaban J connectivity index is 1.45. The number of amides is 1. The Hall–Kier alpha value is -2.80. The van der Waals surface area contributed by atoms with Crippen LogP contribution in [0.3, 0.4) is 0 Å². The van der Waals surface area contributed by atoms with Gasteiger partial charge in [0.25, 0.3) is 0 Å². The number of likely N-dealkylation sites (N-methyl/N-ethyl adjacent to an activating group) is 1. The average molecular weight is 416 g/mol. The summed E-state index contributed by atoms with van der Waals surface area (Å²) in [5, 5.41) is 0. The van der Waals surface area contributed by atoms with Gasteiger partial charge in [-0.15, -0.1) is 0 Å². The lowest BCUT2D eigenvalue weighted by Gasteiger charge is -2.36. The lowest BCUT2D eigenvalue weighted by atomic mass is 10.1. The lowest BCUT2D eigenvalue weighted by molar-refractivity contribution is -0.132. The second-order valence-electron chi connectivity index (χ2n) is 7.50. The smallest absolute Gasteiger partial charge is 0.236 e. The lowest BCUT2D eigenvalue weighted by Crippen LogP contribution is -2.51. The molecule has 1 fully saturated rings. The number of hydrogen-bond acceptors (Lipinski definition) is 5. The van der Waals surface area contributed by atoms with Crippen molar-refractivity contribution < 1.29 is 18.7 Å². The average Bonchev–Trinajstić information content (AvgIpc) is 2.78. The van der Waals surface area contributed by atoms with Crippen LogP contribution in [0.4, 0.5) is 10.1 Å². The first kappa shape index (κ1) is 21.9. The van der Waals surface area contributed by atoms with Crippen LogP contribution < -0.4 is 14.4 Å². The van der Waals surface area contributed by atoms with Gasteiger partial charge in [-0.1, -0.05) is 18.2 Å². The summed E-state index contributed by atoms with van der Waals surface area (Å²) in [6.07, 6.45) is 0.811. The molecule has 0 radical (unpaired) electrons. The van der Waals surface area contributed by atoms with Crippen molar-refractivity contribution in [3.05, 3.63) is 53.8 Å². The number of rotatable bonds is 8. The molecule has 162 valence electrons. The molecular formula is C23H30FN3O3. The molecule has 1 amide bonds. The van der Waals surface area contributed by atoms with Crippen molar-refractivity contribution in [2.45, 2.75) is 6.42 Å². The zero-order chi connectivity index (χ0) is 21.5. The normalized spacial score (nSPS) is 14.2. The Bertz CT molecular complexity index is 853. The van der Waals surface area contributed by atoms with Crippen molar-refractivity contribution in [3.63, 3.8) is 0 Å². The van der Waals surface area contributed by atoms with E-state index in [1.165, 1.54) is 6.07 Å². The number of benzene rings is 2. The van der Waals surface area contributed by atoms with Gasteiger partial charge in [0.05, 0.1) is 26.5 Å². The number of piperazine rings is 1. The molecule has 2 aromatic carbocycles. The Morgan fingerprint density at radius 3 is 2.40 bits per heavy atom. The highest BCUT2D eigenvalue weighted by atomic mass is 19.1. The van der Waals surface area contributed by atoms with Crippen LogP contribution in [0.25, 0.3) is 0 Å². The standard InChI is InChI=1S/C23H30FN3O3/c1-25(11-10-18-8-9-21(29-2)22(16-18)30-3)17-23(28)27-14-12-26(13-15-27)20-7-5-4-6-19(20)24/h4-9,16H,10-15,17H2,1-3H3. The molecule has 30 heavy (non-hydrogen) atoms. The highest BCUT2D eigenvalue weighted by Gasteiger charge is 2.23. The molecule has 0 aliphatic carbocycles. The number of carbonyl (C=O) groups is 1. The Morgan fingerprint density at radius 1 is 1.03 bits per heavy atom. The summed E-state index contributed by atoms with van der Waals surface area (Å²) in [7, 11) is 5.19. The van der Waals surface area contributed by atoms with Crippen molar-refractivity contribution in [1.82, 2.24) is 9.80 Å². The number of para-hydroxylation sites is 1. The van der Waals surface area contributed by atoms with Crippen LogP contribution in [0, 0.1) is 5.82 Å². The number of anilines is 1. The van der Waals surface area contributed by atoms with Crippen LogP contribution >= 0.6 is 0 Å². The van der Waals surface area contributed by atoms with Gasteiger partial charge in [-0.2, -0.15) is 0 Å². The minimum absolute atomic E-state index is 0.109. The molecule has 0 aromatic heterocycles. The Labute approximate surface area is 177 Å². The molecule has 0 bridgehead atoms. The first-order chi connectivity index (χ1) is 14.5. The first-order valence-electron chi connectivity index (χ1n) is 10.2. The van der Waals surface area contributed by atoms with Crippen molar-refractivity contribution in [1.29, 1.82) is 0 Å². The van der Waals surface area contributed by atoms with Gasteiger partial charge in [0.15, 0.2) is 11.5 Å². The second-order valence-corrected chi connectivity index (χ2v) is 7.50. The monoisotopic (exact) mass is 415 g/mol. The topological polar surface area (TPSA) is 45.2 Å². The van der Waals surface area contributed by atoms with E-state index in [1.807, 2.05) is 46.0 Å². The number of carbonyl (C=O) groups excluding carboxylic acids is 1. The Morgan fingerprint density at radius 2 is 1.73 bits per heavy atom. The number of methoxy groups -OCH3 is 2. The van der Waals surface area contributed by atoms with Gasteiger partial charge in [-0.25, -0.2) is 4.39 Å². The third-order valence-electron chi connectivity index (χ3n) is 5.46. The minimum atomic E-state index is -0.216. The third kappa shape index (κ3) is 5.42. The van der Waals surface area contributed by atoms with E-state index in [2.05, 4.69) is 0 Å². The van der Waals surface area contributed by atoms with Gasteiger partial charge in [-0.3, -0.25) is 9.69 Å². The van der Waals surface area contributed by atoms with Crippen LogP contribution in [0.5, 0.6) is 11.5 Å². The molecule has 1 aliphatic rings. The van der Waals surface area contributed by atoms with E-state index in [0.29, 0.717) is 49.9 Å². The van der Waals surface area contributed by atoms with E-state index < -0.39 is 0 Å². The molecule has 0 atom stereocenters. The molecule has 1 saturated heterocycles. The zero-order valence-electron chi connectivity index (χ0n) is 17.9. The largest absolute Gasteiger partial charge is 0.493 e. The third-order valence-corrected chi connectivity index (χ3v) is 5.46. The van der Waals surface area contributed by atoms with Gasteiger partial charge in [0, 0.05) is 32.7 Å². The van der Waals surface area contributed by atoms with Crippen molar-refractivity contribution in [3.8, 4) is 11.5 Å². The molecule has 7 heteroatoms. The van der Waals surface area contributed by atoms with E-state index in [-0.39, 0.29) is 11.7 Å². The fourth-order valence-electron chi connectivity index (χ4n) is 3.67.